The van der Waals surface area contributed by atoms with Gasteiger partial charge in [0.2, 0.25) is 0 Å². The maximum absolute atomic E-state index is 5.94. The predicted molar refractivity (Wildman–Crippen MR) is 93.7 cm³/mol. The monoisotopic (exact) mass is 337 g/mol. The van der Waals surface area contributed by atoms with Crippen LogP contribution in [0.2, 0.25) is 5.02 Å². The Morgan fingerprint density at radius 1 is 1.04 bits per heavy atom. The fraction of sp³-hybridized carbons (Fsp3) is 0.211. The van der Waals surface area contributed by atoms with Crippen LogP contribution in [0.1, 0.15) is 5.56 Å². The van der Waals surface area contributed by atoms with Crippen molar-refractivity contribution in [2.45, 2.75) is 5.72 Å². The predicted octanol–water partition coefficient (Wildman–Crippen LogP) is 3.90. The minimum atomic E-state index is -0.138. The summed E-state index contributed by atoms with van der Waals surface area (Å²) in [5.41, 5.74) is 5.18. The fourth-order valence-corrected chi connectivity index (χ4v) is 3.58. The second-order valence-corrected chi connectivity index (χ2v) is 6.74. The molecule has 0 spiro atoms. The number of H-pyrrole nitrogens is 1. The van der Waals surface area contributed by atoms with Gasteiger partial charge in [-0.05, 0) is 23.8 Å². The highest BCUT2D eigenvalue weighted by atomic mass is 35.5. The number of benzene rings is 2. The summed E-state index contributed by atoms with van der Waals surface area (Å²) >= 11 is 5.94. The number of rotatable bonds is 3. The lowest BCUT2D eigenvalue weighted by molar-refractivity contribution is 0.0589. The third kappa shape index (κ3) is 2.18. The Kier molecular flexibility index (Phi) is 3.07. The first-order valence-corrected chi connectivity index (χ1v) is 8.44. The summed E-state index contributed by atoms with van der Waals surface area (Å²) < 4.78 is 5.91. The summed E-state index contributed by atoms with van der Waals surface area (Å²) in [6.07, 6.45) is 0. The quantitative estimate of drug-likeness (QED) is 0.737. The third-order valence-corrected chi connectivity index (χ3v) is 5.13. The van der Waals surface area contributed by atoms with E-state index in [1.807, 2.05) is 24.3 Å². The number of ether oxygens (including phenoxy) is 1. The molecule has 3 aromatic rings. The van der Waals surface area contributed by atoms with Crippen LogP contribution in [0.25, 0.3) is 22.5 Å². The second-order valence-electron chi connectivity index (χ2n) is 6.31. The fourth-order valence-electron chi connectivity index (χ4n) is 3.45. The molecular weight excluding hydrogens is 322 g/mol. The molecule has 24 heavy (non-hydrogen) atoms. The van der Waals surface area contributed by atoms with Crippen LogP contribution in [0.4, 0.5) is 0 Å². The van der Waals surface area contributed by atoms with E-state index in [1.54, 1.807) is 0 Å². The highest BCUT2D eigenvalue weighted by Gasteiger charge is 2.58. The van der Waals surface area contributed by atoms with Crippen molar-refractivity contribution in [1.29, 1.82) is 0 Å². The van der Waals surface area contributed by atoms with E-state index in [1.165, 1.54) is 5.56 Å². The van der Waals surface area contributed by atoms with Gasteiger partial charge in [0, 0.05) is 29.2 Å². The number of nitrogens with one attached hydrogen (secondary N) is 1. The van der Waals surface area contributed by atoms with Crippen molar-refractivity contribution in [1.82, 2.24) is 15.1 Å². The molecule has 2 unspecified atom stereocenters. The zero-order valence-electron chi connectivity index (χ0n) is 13.0. The lowest BCUT2D eigenvalue weighted by Gasteiger charge is -2.11. The van der Waals surface area contributed by atoms with E-state index in [0.29, 0.717) is 0 Å². The normalized spacial score (nSPS) is 24.8. The molecule has 0 amide bonds. The molecule has 3 heterocycles. The Labute approximate surface area is 145 Å². The number of aromatic amines is 1. The number of nitrogens with zero attached hydrogens (tertiary/aromatic N) is 2. The van der Waals surface area contributed by atoms with Crippen LogP contribution in [0.15, 0.2) is 54.6 Å². The summed E-state index contributed by atoms with van der Waals surface area (Å²) in [5, 5.41) is 8.26. The van der Waals surface area contributed by atoms with E-state index in [2.05, 4.69) is 45.4 Å². The van der Waals surface area contributed by atoms with Crippen molar-refractivity contribution in [2.24, 2.45) is 0 Å². The van der Waals surface area contributed by atoms with Crippen molar-refractivity contribution < 1.29 is 4.74 Å². The van der Waals surface area contributed by atoms with Crippen molar-refractivity contribution in [3.8, 4) is 22.5 Å². The molecule has 5 heteroatoms. The van der Waals surface area contributed by atoms with Gasteiger partial charge in [-0.25, -0.2) is 0 Å². The van der Waals surface area contributed by atoms with Crippen molar-refractivity contribution in [2.75, 3.05) is 19.7 Å². The Morgan fingerprint density at radius 3 is 2.46 bits per heavy atom. The van der Waals surface area contributed by atoms with Crippen LogP contribution in [0, 0.1) is 0 Å². The molecular formula is C19H16ClN3O. The first-order valence-electron chi connectivity index (χ1n) is 8.06. The van der Waals surface area contributed by atoms with Crippen LogP contribution in [0.3, 0.4) is 0 Å². The van der Waals surface area contributed by atoms with Crippen LogP contribution in [-0.2, 0) is 10.5 Å². The Hall–Kier alpha value is -2.14. The zero-order chi connectivity index (χ0) is 16.1. The number of morpholine rings is 1. The Morgan fingerprint density at radius 2 is 1.79 bits per heavy atom. The molecule has 0 saturated carbocycles. The summed E-state index contributed by atoms with van der Waals surface area (Å²) in [4.78, 5) is 2.36. The van der Waals surface area contributed by atoms with Gasteiger partial charge in [-0.3, -0.25) is 10.00 Å². The lowest BCUT2D eigenvalue weighted by Crippen LogP contribution is -2.11. The van der Waals surface area contributed by atoms with Crippen molar-refractivity contribution in [3.63, 3.8) is 0 Å². The molecule has 2 aliphatic heterocycles. The smallest absolute Gasteiger partial charge is 0.160 e. The molecule has 1 N–H and O–H groups in total. The van der Waals surface area contributed by atoms with E-state index >= 15 is 0 Å². The van der Waals surface area contributed by atoms with Crippen LogP contribution in [0.5, 0.6) is 0 Å². The van der Waals surface area contributed by atoms with Crippen molar-refractivity contribution in [3.05, 3.63) is 65.2 Å². The summed E-state index contributed by atoms with van der Waals surface area (Å²) in [5.74, 6) is 0. The first-order chi connectivity index (χ1) is 11.7. The number of halogens is 1. The highest BCUT2D eigenvalue weighted by molar-refractivity contribution is 6.30. The van der Waals surface area contributed by atoms with Crippen LogP contribution < -0.4 is 0 Å². The van der Waals surface area contributed by atoms with E-state index in [-0.39, 0.29) is 5.72 Å². The first kappa shape index (κ1) is 14.2. The zero-order valence-corrected chi connectivity index (χ0v) is 13.8. The molecule has 120 valence electrons. The van der Waals surface area contributed by atoms with E-state index in [0.717, 1.165) is 47.2 Å². The largest absolute Gasteiger partial charge is 0.353 e. The molecule has 2 saturated heterocycles. The van der Waals surface area contributed by atoms with Gasteiger partial charge in [0.1, 0.15) is 0 Å². The Balaban J connectivity index is 1.42. The standard InChI is InChI=1S/C19H16ClN3O/c20-16-7-3-14(4-8-16)18-11-17(21-22-18)13-1-5-15(6-2-13)19-12-23(19)9-10-24-19/h1-8,11H,9-10,12H2,(H,21,22). The van der Waals surface area contributed by atoms with Gasteiger partial charge in [0.25, 0.3) is 0 Å². The topological polar surface area (TPSA) is 40.9 Å². The molecule has 2 atom stereocenters. The number of hydrogen-bond donors (Lipinski definition) is 1. The summed E-state index contributed by atoms with van der Waals surface area (Å²) in [6, 6.07) is 18.3. The Bertz CT molecular complexity index is 888. The summed E-state index contributed by atoms with van der Waals surface area (Å²) in [6.45, 7) is 2.87. The number of aromatic nitrogens is 2. The molecule has 2 fully saturated rings. The lowest BCUT2D eigenvalue weighted by atomic mass is 10.0. The molecule has 4 nitrogen and oxygen atoms in total. The average molecular weight is 338 g/mol. The maximum Gasteiger partial charge on any atom is 0.160 e. The maximum atomic E-state index is 5.94. The molecule has 0 radical (unpaired) electrons. The molecule has 5 rings (SSSR count). The average Bonchev–Trinajstić information content (AvgIpc) is 2.99. The van der Waals surface area contributed by atoms with Gasteiger partial charge < -0.3 is 4.74 Å². The van der Waals surface area contributed by atoms with Gasteiger partial charge in [-0.2, -0.15) is 5.10 Å². The van der Waals surface area contributed by atoms with Crippen LogP contribution >= 0.6 is 11.6 Å². The van der Waals surface area contributed by atoms with Gasteiger partial charge in [-0.15, -0.1) is 0 Å². The molecule has 1 aromatic heterocycles. The minimum absolute atomic E-state index is 0.138. The SMILES string of the molecule is Clc1ccc(-c2cc(-c3ccc(C45CN4CCO5)cc3)[nH]n2)cc1. The molecule has 2 aliphatic rings. The number of hydrogen-bond acceptors (Lipinski definition) is 3. The minimum Gasteiger partial charge on any atom is -0.353 e. The second kappa shape index (κ2) is 5.18. The van der Waals surface area contributed by atoms with Crippen molar-refractivity contribution >= 4 is 11.6 Å². The van der Waals surface area contributed by atoms with E-state index in [9.17, 15) is 0 Å². The highest BCUT2D eigenvalue weighted by Crippen LogP contribution is 2.47. The van der Waals surface area contributed by atoms with Gasteiger partial charge in [0.15, 0.2) is 5.72 Å². The van der Waals surface area contributed by atoms with E-state index in [4.69, 9.17) is 16.3 Å². The van der Waals surface area contributed by atoms with Crippen LogP contribution in [-0.4, -0.2) is 34.8 Å². The van der Waals surface area contributed by atoms with Gasteiger partial charge in [-0.1, -0.05) is 48.0 Å². The molecule has 0 bridgehead atoms. The van der Waals surface area contributed by atoms with Gasteiger partial charge >= 0.3 is 0 Å². The number of fused-ring (bicyclic) bond motifs is 1. The molecule has 0 aliphatic carbocycles. The van der Waals surface area contributed by atoms with Gasteiger partial charge in [0.05, 0.1) is 18.0 Å². The third-order valence-electron chi connectivity index (χ3n) is 4.88. The molecule has 2 aromatic carbocycles. The van der Waals surface area contributed by atoms with E-state index < -0.39 is 0 Å². The summed E-state index contributed by atoms with van der Waals surface area (Å²) in [7, 11) is 0.